The van der Waals surface area contributed by atoms with Crippen LogP contribution in [-0.4, -0.2) is 6.04 Å². The Morgan fingerprint density at radius 1 is 1.20 bits per heavy atom. The van der Waals surface area contributed by atoms with Gasteiger partial charge in [-0.05, 0) is 53.6 Å². The predicted octanol–water partition coefficient (Wildman–Crippen LogP) is 4.69. The summed E-state index contributed by atoms with van der Waals surface area (Å²) in [7, 11) is 0. The quantitative estimate of drug-likeness (QED) is 0.773. The Kier molecular flexibility index (Phi) is 4.14. The second-order valence-corrected chi connectivity index (χ2v) is 5.76. The van der Waals surface area contributed by atoms with Crippen molar-refractivity contribution >= 4 is 39.9 Å². The molecule has 3 heteroatoms. The summed E-state index contributed by atoms with van der Waals surface area (Å²) in [5.41, 5.74) is 1.09. The van der Waals surface area contributed by atoms with Crippen LogP contribution in [0, 0.1) is 3.57 Å². The molecule has 82 valence electrons. The molecule has 0 aromatic heterocycles. The third-order valence-corrected chi connectivity index (χ3v) is 3.88. The van der Waals surface area contributed by atoms with Gasteiger partial charge in [-0.1, -0.05) is 30.9 Å². The number of halogens is 2. The molecule has 0 radical (unpaired) electrons. The van der Waals surface area contributed by atoms with Gasteiger partial charge in [-0.15, -0.1) is 0 Å². The van der Waals surface area contributed by atoms with Gasteiger partial charge in [0.2, 0.25) is 0 Å². The van der Waals surface area contributed by atoms with E-state index in [-0.39, 0.29) is 0 Å². The highest BCUT2D eigenvalue weighted by molar-refractivity contribution is 14.1. The Hall–Kier alpha value is 0.0400. The molecule has 15 heavy (non-hydrogen) atoms. The molecule has 1 aromatic rings. The Morgan fingerprint density at radius 3 is 2.60 bits per heavy atom. The van der Waals surface area contributed by atoms with Crippen LogP contribution in [0.15, 0.2) is 18.2 Å². The zero-order chi connectivity index (χ0) is 10.7. The van der Waals surface area contributed by atoms with E-state index in [9.17, 15) is 0 Å². The zero-order valence-corrected chi connectivity index (χ0v) is 11.5. The number of hydrogen-bond acceptors (Lipinski definition) is 1. The molecule has 2 rings (SSSR count). The van der Waals surface area contributed by atoms with Crippen molar-refractivity contribution in [1.29, 1.82) is 0 Å². The Bertz CT molecular complexity index is 334. The first-order valence-corrected chi connectivity index (χ1v) is 6.93. The molecule has 0 bridgehead atoms. The topological polar surface area (TPSA) is 12.0 Å². The molecule has 0 saturated heterocycles. The van der Waals surface area contributed by atoms with Gasteiger partial charge in [0.05, 0.1) is 10.7 Å². The van der Waals surface area contributed by atoms with Gasteiger partial charge in [-0.25, -0.2) is 0 Å². The summed E-state index contributed by atoms with van der Waals surface area (Å²) in [5, 5.41) is 4.38. The third kappa shape index (κ3) is 3.25. The molecule has 0 spiro atoms. The van der Waals surface area contributed by atoms with E-state index in [0.29, 0.717) is 6.04 Å². The van der Waals surface area contributed by atoms with Gasteiger partial charge in [-0.2, -0.15) is 0 Å². The maximum Gasteiger partial charge on any atom is 0.0648 e. The van der Waals surface area contributed by atoms with Crippen molar-refractivity contribution in [3.05, 3.63) is 26.8 Å². The number of rotatable bonds is 2. The molecule has 0 atom stereocenters. The van der Waals surface area contributed by atoms with Crippen molar-refractivity contribution in [2.75, 3.05) is 5.32 Å². The standard InChI is InChI=1S/C12H15ClIN/c13-11-8-9(14)6-7-12(11)15-10-4-2-1-3-5-10/h6-8,10,15H,1-5H2. The lowest BCUT2D eigenvalue weighted by atomic mass is 9.95. The molecular formula is C12H15ClIN. The van der Waals surface area contributed by atoms with Crippen LogP contribution in [0.1, 0.15) is 32.1 Å². The van der Waals surface area contributed by atoms with Crippen molar-refractivity contribution in [2.24, 2.45) is 0 Å². The molecule has 1 aliphatic rings. The van der Waals surface area contributed by atoms with Crippen molar-refractivity contribution in [3.8, 4) is 0 Å². The molecule has 1 fully saturated rings. The van der Waals surface area contributed by atoms with E-state index < -0.39 is 0 Å². The molecule has 0 amide bonds. The fourth-order valence-electron chi connectivity index (χ4n) is 2.07. The van der Waals surface area contributed by atoms with Crippen molar-refractivity contribution in [2.45, 2.75) is 38.1 Å². The van der Waals surface area contributed by atoms with E-state index in [4.69, 9.17) is 11.6 Å². The highest BCUT2D eigenvalue weighted by Gasteiger charge is 2.13. The molecule has 1 saturated carbocycles. The van der Waals surface area contributed by atoms with Gasteiger partial charge in [0.15, 0.2) is 0 Å². The normalized spacial score (nSPS) is 17.7. The van der Waals surface area contributed by atoms with Crippen molar-refractivity contribution in [3.63, 3.8) is 0 Å². The van der Waals surface area contributed by atoms with Crippen LogP contribution < -0.4 is 5.32 Å². The maximum absolute atomic E-state index is 6.18. The average Bonchev–Trinajstić information content (AvgIpc) is 2.24. The molecule has 0 heterocycles. The summed E-state index contributed by atoms with van der Waals surface area (Å²) >= 11 is 8.46. The molecule has 0 unspecified atom stereocenters. The number of benzene rings is 1. The number of anilines is 1. The highest BCUT2D eigenvalue weighted by atomic mass is 127. The van der Waals surface area contributed by atoms with Crippen molar-refractivity contribution in [1.82, 2.24) is 0 Å². The fraction of sp³-hybridized carbons (Fsp3) is 0.500. The SMILES string of the molecule is Clc1cc(I)ccc1NC1CCCCC1. The summed E-state index contributed by atoms with van der Waals surface area (Å²) < 4.78 is 1.19. The molecular weight excluding hydrogens is 320 g/mol. The average molecular weight is 336 g/mol. The van der Waals surface area contributed by atoms with Crippen LogP contribution in [0.4, 0.5) is 5.69 Å². The minimum atomic E-state index is 0.622. The predicted molar refractivity (Wildman–Crippen MR) is 74.7 cm³/mol. The van der Waals surface area contributed by atoms with Crippen LogP contribution in [0.3, 0.4) is 0 Å². The summed E-state index contributed by atoms with van der Waals surface area (Å²) in [6, 6.07) is 6.81. The van der Waals surface area contributed by atoms with Crippen LogP contribution in [0.2, 0.25) is 5.02 Å². The summed E-state index contributed by atoms with van der Waals surface area (Å²) in [6.45, 7) is 0. The first-order chi connectivity index (χ1) is 7.25. The number of hydrogen-bond donors (Lipinski definition) is 1. The smallest absolute Gasteiger partial charge is 0.0648 e. The summed E-state index contributed by atoms with van der Waals surface area (Å²) in [4.78, 5) is 0. The summed E-state index contributed by atoms with van der Waals surface area (Å²) in [6.07, 6.45) is 6.64. The van der Waals surface area contributed by atoms with Gasteiger partial charge in [0, 0.05) is 9.61 Å². The van der Waals surface area contributed by atoms with Crippen LogP contribution in [-0.2, 0) is 0 Å². The van der Waals surface area contributed by atoms with Crippen molar-refractivity contribution < 1.29 is 0 Å². The van der Waals surface area contributed by atoms with Gasteiger partial charge >= 0.3 is 0 Å². The second-order valence-electron chi connectivity index (χ2n) is 4.10. The van der Waals surface area contributed by atoms with Crippen LogP contribution in [0.5, 0.6) is 0 Å². The third-order valence-electron chi connectivity index (χ3n) is 2.90. The molecule has 1 aliphatic carbocycles. The first-order valence-electron chi connectivity index (χ1n) is 5.47. The van der Waals surface area contributed by atoms with E-state index in [1.54, 1.807) is 0 Å². The second kappa shape index (κ2) is 5.39. The van der Waals surface area contributed by atoms with E-state index in [2.05, 4.69) is 40.0 Å². The molecule has 0 aliphatic heterocycles. The van der Waals surface area contributed by atoms with E-state index >= 15 is 0 Å². The number of nitrogens with one attached hydrogen (secondary N) is 1. The minimum absolute atomic E-state index is 0.622. The van der Waals surface area contributed by atoms with E-state index in [1.165, 1.54) is 35.7 Å². The Labute approximate surface area is 110 Å². The summed E-state index contributed by atoms with van der Waals surface area (Å²) in [5.74, 6) is 0. The lowest BCUT2D eigenvalue weighted by molar-refractivity contribution is 0.463. The van der Waals surface area contributed by atoms with E-state index in [0.717, 1.165) is 10.7 Å². The molecule has 1 nitrogen and oxygen atoms in total. The lowest BCUT2D eigenvalue weighted by Crippen LogP contribution is -2.22. The van der Waals surface area contributed by atoms with Crippen LogP contribution in [0.25, 0.3) is 0 Å². The zero-order valence-electron chi connectivity index (χ0n) is 8.60. The molecule has 1 aromatic carbocycles. The maximum atomic E-state index is 6.18. The van der Waals surface area contributed by atoms with Gasteiger partial charge < -0.3 is 5.32 Å². The van der Waals surface area contributed by atoms with Gasteiger partial charge in [0.1, 0.15) is 0 Å². The first kappa shape index (κ1) is 11.5. The Morgan fingerprint density at radius 2 is 1.93 bits per heavy atom. The lowest BCUT2D eigenvalue weighted by Gasteiger charge is -2.24. The van der Waals surface area contributed by atoms with E-state index in [1.807, 2.05) is 6.07 Å². The van der Waals surface area contributed by atoms with Crippen LogP contribution >= 0.6 is 34.2 Å². The van der Waals surface area contributed by atoms with Gasteiger partial charge in [-0.3, -0.25) is 0 Å². The largest absolute Gasteiger partial charge is 0.381 e. The monoisotopic (exact) mass is 335 g/mol. The van der Waals surface area contributed by atoms with Gasteiger partial charge in [0.25, 0.3) is 0 Å². The fourth-order valence-corrected chi connectivity index (χ4v) is 2.98. The molecule has 1 N–H and O–H groups in total. The Balaban J connectivity index is 2.03. The highest BCUT2D eigenvalue weighted by Crippen LogP contribution is 2.27. The minimum Gasteiger partial charge on any atom is -0.381 e.